The molecule has 0 fully saturated rings. The minimum absolute atomic E-state index is 0.0452. The standard InChI is InChI=1S/C15H17N3O2S2/c1-4-20-14(19)12(11-16)8-9-13-7-5-6-10-18(13)17-15(21-2)22-3/h5-10H,4H2,1-3H3/b12-8?,13-9-. The highest BCUT2D eigenvalue weighted by Crippen LogP contribution is 2.18. The van der Waals surface area contributed by atoms with Crippen molar-refractivity contribution in [1.29, 1.82) is 5.26 Å². The van der Waals surface area contributed by atoms with E-state index in [1.807, 2.05) is 43.0 Å². The monoisotopic (exact) mass is 335 g/mol. The van der Waals surface area contributed by atoms with Gasteiger partial charge in [-0.15, -0.1) is 23.5 Å². The van der Waals surface area contributed by atoms with Crippen molar-refractivity contribution in [3.8, 4) is 6.07 Å². The molecule has 1 heterocycles. The lowest BCUT2D eigenvalue weighted by Gasteiger charge is -2.18. The average Bonchev–Trinajstić information content (AvgIpc) is 2.54. The van der Waals surface area contributed by atoms with Crippen LogP contribution in [-0.2, 0) is 9.53 Å². The minimum Gasteiger partial charge on any atom is -0.462 e. The van der Waals surface area contributed by atoms with Crippen LogP contribution < -0.4 is 0 Å². The summed E-state index contributed by atoms with van der Waals surface area (Å²) >= 11 is 3.10. The van der Waals surface area contributed by atoms with Crippen LogP contribution in [0.25, 0.3) is 0 Å². The van der Waals surface area contributed by atoms with Crippen molar-refractivity contribution in [2.24, 2.45) is 5.10 Å². The first kappa shape index (κ1) is 18.1. The zero-order valence-corrected chi connectivity index (χ0v) is 14.3. The van der Waals surface area contributed by atoms with Gasteiger partial charge >= 0.3 is 5.97 Å². The molecule has 0 bridgehead atoms. The van der Waals surface area contributed by atoms with E-state index in [2.05, 4.69) is 5.10 Å². The summed E-state index contributed by atoms with van der Waals surface area (Å²) in [5.74, 6) is -0.624. The zero-order valence-electron chi connectivity index (χ0n) is 12.6. The van der Waals surface area contributed by atoms with E-state index in [-0.39, 0.29) is 12.2 Å². The first-order valence-electron chi connectivity index (χ1n) is 6.46. The minimum atomic E-state index is -0.624. The molecule has 0 aliphatic carbocycles. The fourth-order valence-electron chi connectivity index (χ4n) is 1.45. The molecular formula is C15H17N3O2S2. The summed E-state index contributed by atoms with van der Waals surface area (Å²) < 4.78 is 5.73. The third-order valence-corrected chi connectivity index (χ3v) is 4.31. The Bertz CT molecular complexity index is 592. The smallest absolute Gasteiger partial charge is 0.348 e. The second kappa shape index (κ2) is 9.92. The van der Waals surface area contributed by atoms with Gasteiger partial charge in [-0.05, 0) is 43.7 Å². The normalized spacial score (nSPS) is 15.6. The van der Waals surface area contributed by atoms with Crippen LogP contribution in [0.4, 0.5) is 0 Å². The number of carbonyl (C=O) groups excluding carboxylic acids is 1. The first-order valence-corrected chi connectivity index (χ1v) is 8.91. The van der Waals surface area contributed by atoms with Gasteiger partial charge in [0.2, 0.25) is 0 Å². The van der Waals surface area contributed by atoms with Gasteiger partial charge < -0.3 is 4.74 Å². The number of carbonyl (C=O) groups is 1. The molecule has 0 saturated heterocycles. The molecule has 5 nitrogen and oxygen atoms in total. The number of allylic oxidation sites excluding steroid dienone is 5. The Morgan fingerprint density at radius 2 is 2.18 bits per heavy atom. The van der Waals surface area contributed by atoms with Gasteiger partial charge in [0.05, 0.1) is 12.3 Å². The Morgan fingerprint density at radius 3 is 2.77 bits per heavy atom. The van der Waals surface area contributed by atoms with Crippen molar-refractivity contribution in [1.82, 2.24) is 5.01 Å². The van der Waals surface area contributed by atoms with Crippen molar-refractivity contribution in [3.63, 3.8) is 0 Å². The SMILES string of the molecule is CCOC(=O)C(C#N)=C/C=C1/C=CC=CN1N=C(SC)SC. The molecule has 0 saturated carbocycles. The molecule has 1 rings (SSSR count). The number of hydrazone groups is 1. The van der Waals surface area contributed by atoms with Gasteiger partial charge in [-0.2, -0.15) is 10.4 Å². The van der Waals surface area contributed by atoms with Gasteiger partial charge in [0.1, 0.15) is 16.0 Å². The van der Waals surface area contributed by atoms with Crippen LogP contribution in [0.3, 0.4) is 0 Å². The van der Waals surface area contributed by atoms with E-state index in [0.29, 0.717) is 0 Å². The molecule has 0 unspecified atom stereocenters. The van der Waals surface area contributed by atoms with Crippen molar-refractivity contribution < 1.29 is 9.53 Å². The summed E-state index contributed by atoms with van der Waals surface area (Å²) in [4.78, 5) is 11.6. The Labute approximate surface area is 139 Å². The van der Waals surface area contributed by atoms with Crippen molar-refractivity contribution in [2.45, 2.75) is 6.92 Å². The number of thioether (sulfide) groups is 2. The number of hydrogen-bond acceptors (Lipinski definition) is 7. The van der Waals surface area contributed by atoms with E-state index in [4.69, 9.17) is 10.00 Å². The van der Waals surface area contributed by atoms with Gasteiger partial charge in [0, 0.05) is 6.20 Å². The predicted octanol–water partition coefficient (Wildman–Crippen LogP) is 3.27. The maximum absolute atomic E-state index is 11.6. The zero-order chi connectivity index (χ0) is 16.4. The van der Waals surface area contributed by atoms with Gasteiger partial charge in [-0.1, -0.05) is 6.08 Å². The molecule has 7 heteroatoms. The Balaban J connectivity index is 3.03. The van der Waals surface area contributed by atoms with E-state index in [1.165, 1.54) is 6.08 Å². The lowest BCUT2D eigenvalue weighted by molar-refractivity contribution is -0.138. The lowest BCUT2D eigenvalue weighted by atomic mass is 10.2. The number of rotatable bonds is 4. The fourth-order valence-corrected chi connectivity index (χ4v) is 2.46. The first-order chi connectivity index (χ1) is 10.7. The molecule has 0 radical (unpaired) electrons. The molecule has 1 aliphatic heterocycles. The molecule has 0 aromatic rings. The highest BCUT2D eigenvalue weighted by atomic mass is 32.2. The molecule has 0 aromatic heterocycles. The molecule has 116 valence electrons. The summed E-state index contributed by atoms with van der Waals surface area (Å²) in [6, 6.07) is 1.84. The van der Waals surface area contributed by atoms with Gasteiger partial charge in [0.15, 0.2) is 0 Å². The average molecular weight is 335 g/mol. The Kier molecular flexibility index (Phi) is 8.18. The summed E-state index contributed by atoms with van der Waals surface area (Å²) in [5, 5.41) is 15.2. The molecule has 1 aliphatic rings. The fraction of sp³-hybridized carbons (Fsp3) is 0.267. The second-order valence-corrected chi connectivity index (χ2v) is 5.67. The molecule has 0 atom stereocenters. The van der Waals surface area contributed by atoms with Crippen LogP contribution in [0, 0.1) is 11.3 Å². The third kappa shape index (κ3) is 5.47. The van der Waals surface area contributed by atoms with Crippen LogP contribution >= 0.6 is 23.5 Å². The summed E-state index contributed by atoms with van der Waals surface area (Å²) in [7, 11) is 0. The molecular weight excluding hydrogens is 318 g/mol. The van der Waals surface area contributed by atoms with E-state index < -0.39 is 5.97 Å². The van der Waals surface area contributed by atoms with Crippen molar-refractivity contribution >= 4 is 33.9 Å². The lowest BCUT2D eigenvalue weighted by Crippen LogP contribution is -2.12. The molecule has 0 amide bonds. The Morgan fingerprint density at radius 1 is 1.45 bits per heavy atom. The van der Waals surface area contributed by atoms with Gasteiger partial charge in [-0.25, -0.2) is 9.80 Å². The molecule has 22 heavy (non-hydrogen) atoms. The highest BCUT2D eigenvalue weighted by molar-refractivity contribution is 8.38. The topological polar surface area (TPSA) is 65.7 Å². The predicted molar refractivity (Wildman–Crippen MR) is 93.0 cm³/mol. The molecule has 0 spiro atoms. The maximum Gasteiger partial charge on any atom is 0.348 e. The van der Waals surface area contributed by atoms with Crippen LogP contribution in [0.2, 0.25) is 0 Å². The quantitative estimate of drug-likeness (QED) is 0.258. The van der Waals surface area contributed by atoms with E-state index in [9.17, 15) is 4.79 Å². The van der Waals surface area contributed by atoms with Crippen molar-refractivity contribution in [2.75, 3.05) is 19.1 Å². The van der Waals surface area contributed by atoms with Gasteiger partial charge in [-0.3, -0.25) is 0 Å². The third-order valence-electron chi connectivity index (χ3n) is 2.45. The number of nitriles is 1. The van der Waals surface area contributed by atoms with Crippen LogP contribution in [0.15, 0.2) is 53.0 Å². The van der Waals surface area contributed by atoms with Crippen molar-refractivity contribution in [3.05, 3.63) is 47.9 Å². The van der Waals surface area contributed by atoms with E-state index >= 15 is 0 Å². The molecule has 0 N–H and O–H groups in total. The van der Waals surface area contributed by atoms with E-state index in [0.717, 1.165) is 10.1 Å². The number of hydrogen-bond donors (Lipinski definition) is 0. The van der Waals surface area contributed by atoms with Crippen LogP contribution in [0.1, 0.15) is 6.92 Å². The highest BCUT2D eigenvalue weighted by Gasteiger charge is 2.10. The second-order valence-electron chi connectivity index (χ2n) is 3.82. The largest absolute Gasteiger partial charge is 0.462 e. The molecule has 0 aromatic carbocycles. The summed E-state index contributed by atoms with van der Waals surface area (Å²) in [6.45, 7) is 1.93. The number of esters is 1. The number of ether oxygens (including phenoxy) is 1. The maximum atomic E-state index is 11.6. The number of nitrogens with zero attached hydrogens (tertiary/aromatic N) is 3. The summed E-state index contributed by atoms with van der Waals surface area (Å²) in [5.41, 5.74) is 0.705. The Hall–Kier alpha value is -1.91. The summed E-state index contributed by atoms with van der Waals surface area (Å²) in [6.07, 6.45) is 14.4. The van der Waals surface area contributed by atoms with Crippen LogP contribution in [0.5, 0.6) is 0 Å². The van der Waals surface area contributed by atoms with Gasteiger partial charge in [0.25, 0.3) is 0 Å². The van der Waals surface area contributed by atoms with E-state index in [1.54, 1.807) is 41.5 Å². The van der Waals surface area contributed by atoms with Crippen LogP contribution in [-0.4, -0.2) is 34.5 Å².